The largest absolute Gasteiger partial charge is 0.455 e. The van der Waals surface area contributed by atoms with E-state index >= 15 is 0 Å². The summed E-state index contributed by atoms with van der Waals surface area (Å²) in [5.74, 6) is 0.612. The molecule has 134 valence electrons. The van der Waals surface area contributed by atoms with Crippen LogP contribution in [-0.2, 0) is 23.1 Å². The van der Waals surface area contributed by atoms with Crippen LogP contribution in [-0.4, -0.2) is 10.1 Å². The molecular formula is C20H18ClNO3S. The Hall–Kier alpha value is -2.37. The average molecular weight is 388 g/mol. The Balaban J connectivity index is 1.58. The summed E-state index contributed by atoms with van der Waals surface area (Å²) < 4.78 is 17.9. The van der Waals surface area contributed by atoms with Crippen LogP contribution in [0.15, 0.2) is 70.0 Å². The highest BCUT2D eigenvalue weighted by Crippen LogP contribution is 2.17. The predicted molar refractivity (Wildman–Crippen MR) is 103 cm³/mol. The summed E-state index contributed by atoms with van der Waals surface area (Å²) in [5.41, 5.74) is 2.18. The molecule has 0 saturated carbocycles. The molecule has 0 aliphatic carbocycles. The molecule has 3 rings (SSSR count). The van der Waals surface area contributed by atoms with Crippen LogP contribution in [0.5, 0.6) is 0 Å². The highest BCUT2D eigenvalue weighted by atomic mass is 35.5. The van der Waals surface area contributed by atoms with Crippen molar-refractivity contribution in [3.63, 3.8) is 0 Å². The SMILES string of the molecule is Cc1ccc(CNC(=O)c2ccc(C[S@](=O)c3ccc(Cl)cc3)o2)cc1. The molecule has 0 radical (unpaired) electrons. The van der Waals surface area contributed by atoms with Gasteiger partial charge in [-0.05, 0) is 48.9 Å². The average Bonchev–Trinajstić information content (AvgIpc) is 3.10. The standard InChI is InChI=1S/C20H18ClNO3S/c1-14-2-4-15(5-3-14)12-22-20(23)19-11-8-17(25-19)13-26(24)18-9-6-16(21)7-10-18/h2-11H,12-13H2,1H3,(H,22,23)/t26-/m0/s1. The van der Waals surface area contributed by atoms with Gasteiger partial charge >= 0.3 is 0 Å². The predicted octanol–water partition coefficient (Wildman–Crippen LogP) is 4.48. The zero-order valence-corrected chi connectivity index (χ0v) is 15.8. The van der Waals surface area contributed by atoms with E-state index in [2.05, 4.69) is 5.32 Å². The minimum atomic E-state index is -1.26. The van der Waals surface area contributed by atoms with Gasteiger partial charge in [0.25, 0.3) is 5.91 Å². The Bertz CT molecular complexity index is 917. The van der Waals surface area contributed by atoms with E-state index < -0.39 is 10.8 Å². The van der Waals surface area contributed by atoms with Crippen molar-refractivity contribution in [2.45, 2.75) is 24.1 Å². The van der Waals surface area contributed by atoms with Crippen molar-refractivity contribution in [1.82, 2.24) is 5.32 Å². The molecular weight excluding hydrogens is 370 g/mol. The molecule has 3 aromatic rings. The second kappa shape index (κ2) is 8.34. The number of aryl methyl sites for hydroxylation is 1. The maximum Gasteiger partial charge on any atom is 0.287 e. The van der Waals surface area contributed by atoms with Crippen LogP contribution in [0, 0.1) is 6.92 Å². The topological polar surface area (TPSA) is 59.3 Å². The Morgan fingerprint density at radius 1 is 1.04 bits per heavy atom. The molecule has 0 aliphatic heterocycles. The Kier molecular flexibility index (Phi) is 5.91. The quantitative estimate of drug-likeness (QED) is 0.678. The van der Waals surface area contributed by atoms with E-state index in [0.717, 1.165) is 5.56 Å². The van der Waals surface area contributed by atoms with Gasteiger partial charge in [-0.25, -0.2) is 0 Å². The minimum absolute atomic E-state index is 0.201. The molecule has 1 atom stereocenters. The number of halogens is 1. The van der Waals surface area contributed by atoms with Crippen LogP contribution in [0.3, 0.4) is 0 Å². The van der Waals surface area contributed by atoms with Crippen molar-refractivity contribution >= 4 is 28.3 Å². The summed E-state index contributed by atoms with van der Waals surface area (Å²) >= 11 is 5.83. The van der Waals surface area contributed by atoms with Crippen LogP contribution in [0.2, 0.25) is 5.02 Å². The molecule has 1 N–H and O–H groups in total. The number of hydrogen-bond acceptors (Lipinski definition) is 3. The minimum Gasteiger partial charge on any atom is -0.455 e. The van der Waals surface area contributed by atoms with Gasteiger partial charge in [0.2, 0.25) is 0 Å². The molecule has 1 aromatic heterocycles. The van der Waals surface area contributed by atoms with Crippen molar-refractivity contribution in [3.05, 3.63) is 88.3 Å². The number of hydrogen-bond donors (Lipinski definition) is 1. The highest BCUT2D eigenvalue weighted by Gasteiger charge is 2.13. The maximum absolute atomic E-state index is 12.4. The number of furan rings is 1. The number of carbonyl (C=O) groups excluding carboxylic acids is 1. The molecule has 0 fully saturated rings. The number of rotatable bonds is 6. The lowest BCUT2D eigenvalue weighted by atomic mass is 10.1. The lowest BCUT2D eigenvalue weighted by Gasteiger charge is -2.04. The molecule has 0 spiro atoms. The molecule has 0 aliphatic rings. The molecule has 1 amide bonds. The fourth-order valence-corrected chi connectivity index (χ4v) is 3.50. The van der Waals surface area contributed by atoms with E-state index in [-0.39, 0.29) is 17.4 Å². The van der Waals surface area contributed by atoms with E-state index in [1.165, 1.54) is 5.56 Å². The van der Waals surface area contributed by atoms with Gasteiger partial charge in [0.1, 0.15) is 5.76 Å². The van der Waals surface area contributed by atoms with E-state index in [9.17, 15) is 9.00 Å². The Labute approximate surface area is 159 Å². The molecule has 4 nitrogen and oxygen atoms in total. The van der Waals surface area contributed by atoms with E-state index in [4.69, 9.17) is 16.0 Å². The van der Waals surface area contributed by atoms with Gasteiger partial charge in [0.05, 0.1) is 16.6 Å². The second-order valence-electron chi connectivity index (χ2n) is 5.88. The van der Waals surface area contributed by atoms with Crippen molar-refractivity contribution in [3.8, 4) is 0 Å². The van der Waals surface area contributed by atoms with E-state index in [1.807, 2.05) is 31.2 Å². The number of amides is 1. The van der Waals surface area contributed by atoms with Crippen molar-refractivity contribution in [2.75, 3.05) is 0 Å². The fraction of sp³-hybridized carbons (Fsp3) is 0.150. The van der Waals surface area contributed by atoms with Gasteiger partial charge in [0.15, 0.2) is 5.76 Å². The summed E-state index contributed by atoms with van der Waals surface area (Å²) in [5, 5.41) is 3.41. The summed E-state index contributed by atoms with van der Waals surface area (Å²) in [6, 6.07) is 18.0. The molecule has 2 aromatic carbocycles. The van der Waals surface area contributed by atoms with Crippen molar-refractivity contribution in [1.29, 1.82) is 0 Å². The van der Waals surface area contributed by atoms with Crippen LogP contribution in [0.25, 0.3) is 0 Å². The Morgan fingerprint density at radius 2 is 1.73 bits per heavy atom. The molecule has 6 heteroatoms. The van der Waals surface area contributed by atoms with Crippen LogP contribution in [0.4, 0.5) is 0 Å². The van der Waals surface area contributed by atoms with Gasteiger partial charge in [0, 0.05) is 16.5 Å². The third-order valence-corrected chi connectivity index (χ3v) is 5.41. The third-order valence-electron chi connectivity index (χ3n) is 3.81. The summed E-state index contributed by atoms with van der Waals surface area (Å²) in [7, 11) is -1.26. The first-order valence-electron chi connectivity index (χ1n) is 8.07. The first-order valence-corrected chi connectivity index (χ1v) is 9.77. The number of benzene rings is 2. The van der Waals surface area contributed by atoms with Crippen LogP contribution in [0.1, 0.15) is 27.4 Å². The lowest BCUT2D eigenvalue weighted by molar-refractivity contribution is 0.0921. The van der Waals surface area contributed by atoms with Gasteiger partial charge < -0.3 is 9.73 Å². The first-order chi connectivity index (χ1) is 12.5. The zero-order valence-electron chi connectivity index (χ0n) is 14.2. The Morgan fingerprint density at radius 3 is 2.42 bits per heavy atom. The summed E-state index contributed by atoms with van der Waals surface area (Å²) in [4.78, 5) is 12.9. The van der Waals surface area contributed by atoms with E-state index in [0.29, 0.717) is 22.2 Å². The van der Waals surface area contributed by atoms with E-state index in [1.54, 1.807) is 36.4 Å². The normalized spacial score (nSPS) is 11.9. The van der Waals surface area contributed by atoms with Crippen molar-refractivity contribution in [2.24, 2.45) is 0 Å². The highest BCUT2D eigenvalue weighted by molar-refractivity contribution is 7.84. The molecule has 0 saturated heterocycles. The molecule has 0 bridgehead atoms. The summed E-state index contributed by atoms with van der Waals surface area (Å²) in [6.07, 6.45) is 0. The fourth-order valence-electron chi connectivity index (χ4n) is 2.35. The molecule has 0 unspecified atom stereocenters. The van der Waals surface area contributed by atoms with Crippen molar-refractivity contribution < 1.29 is 13.4 Å². The molecule has 26 heavy (non-hydrogen) atoms. The van der Waals surface area contributed by atoms with Crippen LogP contribution >= 0.6 is 11.6 Å². The zero-order chi connectivity index (χ0) is 18.5. The van der Waals surface area contributed by atoms with Gasteiger partial charge in [-0.15, -0.1) is 0 Å². The second-order valence-corrected chi connectivity index (χ2v) is 7.77. The van der Waals surface area contributed by atoms with Crippen LogP contribution < -0.4 is 5.32 Å². The van der Waals surface area contributed by atoms with Gasteiger partial charge in [-0.1, -0.05) is 41.4 Å². The van der Waals surface area contributed by atoms with Gasteiger partial charge in [-0.3, -0.25) is 9.00 Å². The molecule has 1 heterocycles. The smallest absolute Gasteiger partial charge is 0.287 e. The lowest BCUT2D eigenvalue weighted by Crippen LogP contribution is -2.22. The number of carbonyl (C=O) groups is 1. The monoisotopic (exact) mass is 387 g/mol. The van der Waals surface area contributed by atoms with Gasteiger partial charge in [-0.2, -0.15) is 0 Å². The summed E-state index contributed by atoms with van der Waals surface area (Å²) in [6.45, 7) is 2.44. The first kappa shape index (κ1) is 18.4. The third kappa shape index (κ3) is 4.84. The number of nitrogens with one attached hydrogen (secondary N) is 1. The maximum atomic E-state index is 12.4.